The first-order valence-electron chi connectivity index (χ1n) is 7.45. The van der Waals surface area contributed by atoms with E-state index in [4.69, 9.17) is 4.74 Å². The molecule has 1 aromatic carbocycles. The molecule has 0 radical (unpaired) electrons. The number of benzene rings is 1. The predicted molar refractivity (Wildman–Crippen MR) is 81.9 cm³/mol. The number of rotatable bonds is 3. The van der Waals surface area contributed by atoms with Gasteiger partial charge in [0.05, 0.1) is 0 Å². The van der Waals surface area contributed by atoms with Gasteiger partial charge in [-0.2, -0.15) is 11.8 Å². The van der Waals surface area contributed by atoms with Crippen molar-refractivity contribution in [2.75, 3.05) is 12.3 Å². The first-order chi connectivity index (χ1) is 9.62. The molecular formula is C16H22FNOS. The third-order valence-corrected chi connectivity index (χ3v) is 5.61. The number of ether oxygens (including phenoxy) is 1. The van der Waals surface area contributed by atoms with E-state index in [2.05, 4.69) is 19.2 Å². The van der Waals surface area contributed by atoms with Crippen molar-refractivity contribution in [2.24, 2.45) is 0 Å². The molecule has 1 spiro atoms. The van der Waals surface area contributed by atoms with E-state index in [1.54, 1.807) is 12.1 Å². The molecule has 1 fully saturated rings. The summed E-state index contributed by atoms with van der Waals surface area (Å²) in [5.41, 5.74) is 0.911. The zero-order chi connectivity index (χ0) is 14.2. The van der Waals surface area contributed by atoms with Crippen LogP contribution in [-0.2, 0) is 0 Å². The summed E-state index contributed by atoms with van der Waals surface area (Å²) >= 11 is 1.98. The van der Waals surface area contributed by atoms with Gasteiger partial charge in [0.25, 0.3) is 0 Å². The van der Waals surface area contributed by atoms with E-state index in [1.165, 1.54) is 6.07 Å². The van der Waals surface area contributed by atoms with E-state index >= 15 is 0 Å². The Bertz CT molecular complexity index is 495. The number of nitrogens with one attached hydrogen (secondary N) is 1. The molecule has 4 heteroatoms. The highest BCUT2D eigenvalue weighted by Crippen LogP contribution is 2.48. The molecule has 20 heavy (non-hydrogen) atoms. The molecule has 2 aliphatic heterocycles. The lowest BCUT2D eigenvalue weighted by Crippen LogP contribution is -2.44. The monoisotopic (exact) mass is 295 g/mol. The largest absolute Gasteiger partial charge is 0.486 e. The summed E-state index contributed by atoms with van der Waals surface area (Å²) in [4.78, 5) is 0. The highest BCUT2D eigenvalue weighted by molar-refractivity contribution is 8.00. The van der Waals surface area contributed by atoms with E-state index in [1.807, 2.05) is 11.8 Å². The van der Waals surface area contributed by atoms with Gasteiger partial charge in [-0.15, -0.1) is 0 Å². The Balaban J connectivity index is 1.91. The number of fused-ring (bicyclic) bond motifs is 1. The standard InChI is InChI=1S/C16H22FNOS/c1-3-6-18-14-9-16(8-11(2)20-10-16)19-15-5-4-12(17)7-13(14)15/h4-5,7,11,14,18H,3,6,8-10H2,1-2H3. The average Bonchev–Trinajstić information content (AvgIpc) is 2.77. The molecule has 0 amide bonds. The smallest absolute Gasteiger partial charge is 0.125 e. The van der Waals surface area contributed by atoms with Gasteiger partial charge in [0.2, 0.25) is 0 Å². The van der Waals surface area contributed by atoms with Crippen LogP contribution in [0.3, 0.4) is 0 Å². The van der Waals surface area contributed by atoms with Crippen molar-refractivity contribution >= 4 is 11.8 Å². The minimum absolute atomic E-state index is 0.0691. The van der Waals surface area contributed by atoms with E-state index in [-0.39, 0.29) is 17.5 Å². The van der Waals surface area contributed by atoms with Gasteiger partial charge in [-0.25, -0.2) is 4.39 Å². The maximum atomic E-state index is 13.5. The maximum Gasteiger partial charge on any atom is 0.125 e. The number of hydrogen-bond acceptors (Lipinski definition) is 3. The van der Waals surface area contributed by atoms with Gasteiger partial charge >= 0.3 is 0 Å². The van der Waals surface area contributed by atoms with E-state index in [9.17, 15) is 4.39 Å². The van der Waals surface area contributed by atoms with E-state index in [0.717, 1.165) is 42.9 Å². The zero-order valence-electron chi connectivity index (χ0n) is 12.1. The summed E-state index contributed by atoms with van der Waals surface area (Å²) in [6, 6.07) is 5.13. The van der Waals surface area contributed by atoms with Crippen molar-refractivity contribution in [3.63, 3.8) is 0 Å². The molecule has 1 aromatic rings. The molecule has 2 heterocycles. The molecule has 3 rings (SSSR count). The van der Waals surface area contributed by atoms with Crippen molar-refractivity contribution in [1.29, 1.82) is 0 Å². The third-order valence-electron chi connectivity index (χ3n) is 4.18. The first kappa shape index (κ1) is 14.2. The van der Waals surface area contributed by atoms with Gasteiger partial charge in [-0.3, -0.25) is 0 Å². The van der Waals surface area contributed by atoms with Gasteiger partial charge in [0, 0.05) is 29.0 Å². The Morgan fingerprint density at radius 1 is 1.45 bits per heavy atom. The molecule has 0 aromatic heterocycles. The molecule has 0 saturated carbocycles. The van der Waals surface area contributed by atoms with Crippen molar-refractivity contribution in [2.45, 2.75) is 50.0 Å². The minimum atomic E-state index is -0.180. The van der Waals surface area contributed by atoms with Crippen LogP contribution in [0.4, 0.5) is 4.39 Å². The van der Waals surface area contributed by atoms with Crippen LogP contribution in [0.2, 0.25) is 0 Å². The second-order valence-electron chi connectivity index (χ2n) is 6.00. The van der Waals surface area contributed by atoms with Crippen LogP contribution >= 0.6 is 11.8 Å². The van der Waals surface area contributed by atoms with E-state index < -0.39 is 0 Å². The van der Waals surface area contributed by atoms with Crippen molar-refractivity contribution in [3.8, 4) is 5.75 Å². The van der Waals surface area contributed by atoms with Crippen LogP contribution < -0.4 is 10.1 Å². The van der Waals surface area contributed by atoms with E-state index in [0.29, 0.717) is 5.25 Å². The molecule has 3 atom stereocenters. The molecule has 1 saturated heterocycles. The Morgan fingerprint density at radius 3 is 3.00 bits per heavy atom. The van der Waals surface area contributed by atoms with Crippen LogP contribution in [0, 0.1) is 5.82 Å². The normalized spacial score (nSPS) is 32.1. The fraction of sp³-hybridized carbons (Fsp3) is 0.625. The Hall–Kier alpha value is -0.740. The zero-order valence-corrected chi connectivity index (χ0v) is 12.9. The quantitative estimate of drug-likeness (QED) is 0.913. The SMILES string of the molecule is CCCNC1CC2(CSC(C)C2)Oc2ccc(F)cc21. The summed E-state index contributed by atoms with van der Waals surface area (Å²) in [6.07, 6.45) is 3.11. The first-order valence-corrected chi connectivity index (χ1v) is 8.50. The Labute approximate surface area is 124 Å². The summed E-state index contributed by atoms with van der Waals surface area (Å²) in [5.74, 6) is 1.72. The number of thioether (sulfide) groups is 1. The second-order valence-corrected chi connectivity index (χ2v) is 7.43. The van der Waals surface area contributed by atoms with Crippen molar-refractivity contribution in [3.05, 3.63) is 29.6 Å². The second kappa shape index (κ2) is 5.57. The summed E-state index contributed by atoms with van der Waals surface area (Å²) in [7, 11) is 0. The lowest BCUT2D eigenvalue weighted by Gasteiger charge is -2.40. The highest BCUT2D eigenvalue weighted by atomic mass is 32.2. The van der Waals surface area contributed by atoms with Crippen molar-refractivity contribution in [1.82, 2.24) is 5.32 Å². The van der Waals surface area contributed by atoms with Gasteiger partial charge in [0.15, 0.2) is 0 Å². The molecule has 0 aliphatic carbocycles. The van der Waals surface area contributed by atoms with Crippen LogP contribution in [0.1, 0.15) is 44.7 Å². The van der Waals surface area contributed by atoms with Gasteiger partial charge in [-0.05, 0) is 37.6 Å². The summed E-state index contributed by atoms with van der Waals surface area (Å²) in [5, 5.41) is 4.21. The molecule has 3 unspecified atom stereocenters. The molecule has 110 valence electrons. The maximum absolute atomic E-state index is 13.5. The highest BCUT2D eigenvalue weighted by Gasteiger charge is 2.45. The lowest BCUT2D eigenvalue weighted by molar-refractivity contribution is 0.0511. The molecule has 1 N–H and O–H groups in total. The van der Waals surface area contributed by atoms with Crippen molar-refractivity contribution < 1.29 is 9.13 Å². The molecule has 2 aliphatic rings. The summed E-state index contributed by atoms with van der Waals surface area (Å²) in [6.45, 7) is 5.37. The number of halogens is 1. The fourth-order valence-electron chi connectivity index (χ4n) is 3.29. The fourth-order valence-corrected chi connectivity index (χ4v) is 4.60. The third kappa shape index (κ3) is 2.68. The van der Waals surface area contributed by atoms with Gasteiger partial charge < -0.3 is 10.1 Å². The molecule has 2 nitrogen and oxygen atoms in total. The Morgan fingerprint density at radius 2 is 2.30 bits per heavy atom. The van der Waals surface area contributed by atoms with Crippen LogP contribution in [0.25, 0.3) is 0 Å². The summed E-state index contributed by atoms with van der Waals surface area (Å²) < 4.78 is 19.8. The molecular weight excluding hydrogens is 273 g/mol. The predicted octanol–water partition coefficient (Wildman–Crippen LogP) is 3.91. The Kier molecular flexibility index (Phi) is 3.95. The minimum Gasteiger partial charge on any atom is -0.486 e. The average molecular weight is 295 g/mol. The van der Waals surface area contributed by atoms with Gasteiger partial charge in [0.1, 0.15) is 17.2 Å². The number of hydrogen-bond donors (Lipinski definition) is 1. The van der Waals surface area contributed by atoms with Crippen LogP contribution in [0.5, 0.6) is 5.75 Å². The molecule has 0 bridgehead atoms. The van der Waals surface area contributed by atoms with Gasteiger partial charge in [-0.1, -0.05) is 13.8 Å². The topological polar surface area (TPSA) is 21.3 Å². The lowest BCUT2D eigenvalue weighted by atomic mass is 9.85. The van der Waals surface area contributed by atoms with Crippen LogP contribution in [0.15, 0.2) is 18.2 Å². The van der Waals surface area contributed by atoms with Crippen LogP contribution in [-0.4, -0.2) is 23.1 Å².